The van der Waals surface area contributed by atoms with Crippen molar-refractivity contribution in [2.45, 2.75) is 46.5 Å². The Bertz CT molecular complexity index is 654. The summed E-state index contributed by atoms with van der Waals surface area (Å²) in [6.45, 7) is 0. The lowest BCUT2D eigenvalue weighted by molar-refractivity contribution is 0.0931. The van der Waals surface area contributed by atoms with E-state index in [4.69, 9.17) is 0 Å². The average Bonchev–Trinajstić information content (AvgIpc) is 3.25. The van der Waals surface area contributed by atoms with E-state index in [9.17, 15) is 4.79 Å². The molecule has 2 aliphatic heterocycles. The van der Waals surface area contributed by atoms with Gasteiger partial charge >= 0.3 is 0 Å². The normalized spacial score (nSPS) is 26.3. The van der Waals surface area contributed by atoms with E-state index in [1.54, 1.807) is 23.1 Å². The molecule has 1 aromatic heterocycles. The van der Waals surface area contributed by atoms with Crippen LogP contribution in [-0.2, 0) is 0 Å². The van der Waals surface area contributed by atoms with Gasteiger partial charge in [-0.15, -0.1) is 11.3 Å². The van der Waals surface area contributed by atoms with E-state index in [1.165, 1.54) is 21.9 Å². The number of amides is 1. The summed E-state index contributed by atoms with van der Waals surface area (Å²) < 4.78 is 1.27. The molecular weight excluding hydrogens is 312 g/mol. The summed E-state index contributed by atoms with van der Waals surface area (Å²) in [7, 11) is 0. The summed E-state index contributed by atoms with van der Waals surface area (Å²) in [4.78, 5) is 13.5. The van der Waals surface area contributed by atoms with Gasteiger partial charge in [-0.25, -0.2) is 0 Å². The van der Waals surface area contributed by atoms with Gasteiger partial charge in [0.05, 0.1) is 4.21 Å². The van der Waals surface area contributed by atoms with Gasteiger partial charge < -0.3 is 10.6 Å². The molecule has 3 nitrogen and oxygen atoms in total. The van der Waals surface area contributed by atoms with Crippen LogP contribution in [0.3, 0.4) is 0 Å². The van der Waals surface area contributed by atoms with E-state index >= 15 is 0 Å². The highest BCUT2D eigenvalue weighted by atomic mass is 32.2. The van der Waals surface area contributed by atoms with Crippen LogP contribution in [0, 0.1) is 0 Å². The number of thiophene rings is 1. The van der Waals surface area contributed by atoms with Gasteiger partial charge in [-0.3, -0.25) is 4.79 Å². The van der Waals surface area contributed by atoms with Gasteiger partial charge in [0.25, 0.3) is 5.91 Å². The van der Waals surface area contributed by atoms with Gasteiger partial charge in [-0.05, 0) is 55.0 Å². The lowest BCUT2D eigenvalue weighted by Crippen LogP contribution is -2.42. The van der Waals surface area contributed by atoms with Gasteiger partial charge in [-0.1, -0.05) is 17.8 Å². The maximum Gasteiger partial charge on any atom is 0.251 e. The van der Waals surface area contributed by atoms with E-state index in [-0.39, 0.29) is 5.91 Å². The molecule has 2 aliphatic rings. The monoisotopic (exact) mass is 330 g/mol. The van der Waals surface area contributed by atoms with Gasteiger partial charge in [-0.2, -0.15) is 0 Å². The number of hydrogen-bond acceptors (Lipinski definition) is 4. The molecule has 1 amide bonds. The Hall–Kier alpha value is -1.30. The first-order chi connectivity index (χ1) is 10.8. The molecule has 2 N–H and O–H groups in total. The summed E-state index contributed by atoms with van der Waals surface area (Å²) >= 11 is 3.47. The molecule has 3 heterocycles. The van der Waals surface area contributed by atoms with Crippen LogP contribution in [0.2, 0.25) is 0 Å². The molecule has 1 aromatic carbocycles. The molecule has 2 bridgehead atoms. The maximum absolute atomic E-state index is 12.4. The third-order valence-corrected chi connectivity index (χ3v) is 6.49. The molecule has 2 fully saturated rings. The van der Waals surface area contributed by atoms with Gasteiger partial charge in [0.2, 0.25) is 0 Å². The van der Waals surface area contributed by atoms with Crippen molar-refractivity contribution < 1.29 is 4.79 Å². The van der Waals surface area contributed by atoms with Crippen LogP contribution in [0.4, 0.5) is 0 Å². The molecule has 3 atom stereocenters. The van der Waals surface area contributed by atoms with E-state index in [1.807, 2.05) is 24.3 Å². The first-order valence-electron chi connectivity index (χ1n) is 7.66. The standard InChI is InChI=1S/C17H18N2OS2/c20-17(19-15-10-12-5-8-14(15)18-12)11-3-6-13(7-4-11)22-16-2-1-9-21-16/h1-4,6-7,9,12,14-15,18H,5,8,10H2,(H,19,20)/t12-,14+,15-/m1/s1. The SMILES string of the molecule is O=C(N[C@@H]1C[C@H]2CC[C@@H]1N2)c1ccc(Sc2cccs2)cc1. The fourth-order valence-corrected chi connectivity index (χ4v) is 5.09. The summed E-state index contributed by atoms with van der Waals surface area (Å²) in [6.07, 6.45) is 3.51. The number of fused-ring (bicyclic) bond motifs is 2. The van der Waals surface area contributed by atoms with E-state index in [0.717, 1.165) is 12.0 Å². The molecule has 5 heteroatoms. The lowest BCUT2D eigenvalue weighted by Gasteiger charge is -2.21. The van der Waals surface area contributed by atoms with E-state index in [2.05, 4.69) is 28.1 Å². The van der Waals surface area contributed by atoms with Crippen molar-refractivity contribution in [3.05, 3.63) is 47.3 Å². The summed E-state index contributed by atoms with van der Waals surface area (Å²) in [6, 6.07) is 13.4. The van der Waals surface area contributed by atoms with Gasteiger partial charge in [0, 0.05) is 28.6 Å². The van der Waals surface area contributed by atoms with Crippen LogP contribution in [-0.4, -0.2) is 24.0 Å². The van der Waals surface area contributed by atoms with Crippen LogP contribution in [0.15, 0.2) is 50.9 Å². The average molecular weight is 330 g/mol. The number of rotatable bonds is 4. The van der Waals surface area contributed by atoms with Crippen molar-refractivity contribution in [1.29, 1.82) is 0 Å². The molecule has 114 valence electrons. The Labute approximate surface area is 138 Å². The smallest absolute Gasteiger partial charge is 0.251 e. The number of benzene rings is 1. The lowest BCUT2D eigenvalue weighted by atomic mass is 9.95. The predicted molar refractivity (Wildman–Crippen MR) is 90.7 cm³/mol. The molecular formula is C17H18N2OS2. The fourth-order valence-electron chi connectivity index (χ4n) is 3.35. The van der Waals surface area contributed by atoms with Gasteiger partial charge in [0.1, 0.15) is 0 Å². The summed E-state index contributed by atoms with van der Waals surface area (Å²) in [5.74, 6) is 0.0482. The van der Waals surface area contributed by atoms with Crippen LogP contribution in [0.1, 0.15) is 29.6 Å². The third-order valence-electron chi connectivity index (χ3n) is 4.45. The van der Waals surface area contributed by atoms with E-state index < -0.39 is 0 Å². The maximum atomic E-state index is 12.4. The minimum Gasteiger partial charge on any atom is -0.348 e. The molecule has 22 heavy (non-hydrogen) atoms. The fraction of sp³-hybridized carbons (Fsp3) is 0.353. The second-order valence-corrected chi connectivity index (χ2v) is 8.24. The first-order valence-corrected chi connectivity index (χ1v) is 9.36. The quantitative estimate of drug-likeness (QED) is 0.901. The summed E-state index contributed by atoms with van der Waals surface area (Å²) in [5.41, 5.74) is 0.748. The van der Waals surface area contributed by atoms with Crippen molar-refractivity contribution in [2.24, 2.45) is 0 Å². The molecule has 0 unspecified atom stereocenters. The van der Waals surface area contributed by atoms with Crippen molar-refractivity contribution in [3.8, 4) is 0 Å². The van der Waals surface area contributed by atoms with Crippen molar-refractivity contribution >= 4 is 29.0 Å². The zero-order chi connectivity index (χ0) is 14.9. The van der Waals surface area contributed by atoms with E-state index in [0.29, 0.717) is 18.1 Å². The van der Waals surface area contributed by atoms with Crippen LogP contribution < -0.4 is 10.6 Å². The molecule has 0 saturated carbocycles. The third kappa shape index (κ3) is 2.93. The molecule has 0 aliphatic carbocycles. The zero-order valence-corrected chi connectivity index (χ0v) is 13.8. The van der Waals surface area contributed by atoms with Crippen molar-refractivity contribution in [1.82, 2.24) is 10.6 Å². The Morgan fingerprint density at radius 3 is 2.73 bits per heavy atom. The topological polar surface area (TPSA) is 41.1 Å². The van der Waals surface area contributed by atoms with Crippen molar-refractivity contribution in [2.75, 3.05) is 0 Å². The Morgan fingerprint density at radius 1 is 1.23 bits per heavy atom. The molecule has 4 rings (SSSR count). The largest absolute Gasteiger partial charge is 0.348 e. The highest BCUT2D eigenvalue weighted by Gasteiger charge is 2.39. The summed E-state index contributed by atoms with van der Waals surface area (Å²) in [5, 5.41) is 8.81. The highest BCUT2D eigenvalue weighted by Crippen LogP contribution is 2.31. The molecule has 2 saturated heterocycles. The Balaban J connectivity index is 1.38. The van der Waals surface area contributed by atoms with Crippen LogP contribution in [0.25, 0.3) is 0 Å². The minimum atomic E-state index is 0.0482. The molecule has 0 spiro atoms. The zero-order valence-electron chi connectivity index (χ0n) is 12.1. The van der Waals surface area contributed by atoms with Crippen LogP contribution >= 0.6 is 23.1 Å². The second-order valence-electron chi connectivity index (χ2n) is 5.92. The second kappa shape index (κ2) is 6.07. The first kappa shape index (κ1) is 14.3. The number of carbonyl (C=O) groups is 1. The van der Waals surface area contributed by atoms with Gasteiger partial charge in [0.15, 0.2) is 0 Å². The van der Waals surface area contributed by atoms with Crippen LogP contribution in [0.5, 0.6) is 0 Å². The predicted octanol–water partition coefficient (Wildman–Crippen LogP) is 3.52. The molecule has 0 radical (unpaired) electrons. The number of carbonyl (C=O) groups excluding carboxylic acids is 1. The number of hydrogen-bond donors (Lipinski definition) is 2. The minimum absolute atomic E-state index is 0.0482. The highest BCUT2D eigenvalue weighted by molar-refractivity contribution is 8.01. The Kier molecular flexibility index (Phi) is 3.94. The number of nitrogens with one attached hydrogen (secondary N) is 2. The Morgan fingerprint density at radius 2 is 2.09 bits per heavy atom. The molecule has 2 aromatic rings. The van der Waals surface area contributed by atoms with Crippen molar-refractivity contribution in [3.63, 3.8) is 0 Å².